The first-order chi connectivity index (χ1) is 11.3. The summed E-state index contributed by atoms with van der Waals surface area (Å²) in [4.78, 5) is 29.3. The molecule has 2 heterocycles. The Kier molecular flexibility index (Phi) is 5.43. The topological polar surface area (TPSA) is 87.1 Å². The second kappa shape index (κ2) is 7.33. The summed E-state index contributed by atoms with van der Waals surface area (Å²) in [5, 5.41) is 0. The van der Waals surface area contributed by atoms with E-state index in [2.05, 4.69) is 19.9 Å². The van der Waals surface area contributed by atoms with Crippen LogP contribution in [0.1, 0.15) is 45.6 Å². The minimum Gasteiger partial charge on any atom is -0.428 e. The summed E-state index contributed by atoms with van der Waals surface area (Å²) in [7, 11) is 0. The van der Waals surface area contributed by atoms with E-state index in [4.69, 9.17) is 9.47 Å². The van der Waals surface area contributed by atoms with E-state index in [1.807, 2.05) is 41.5 Å². The molecular formula is C17H22N4O3. The molecule has 0 fully saturated rings. The van der Waals surface area contributed by atoms with Crippen LogP contribution in [0.2, 0.25) is 0 Å². The minimum atomic E-state index is -0.770. The summed E-state index contributed by atoms with van der Waals surface area (Å²) >= 11 is 0. The number of hydrogen-bond donors (Lipinski definition) is 0. The maximum atomic E-state index is 11.8. The monoisotopic (exact) mass is 330 g/mol. The Bertz CT molecular complexity index is 711. The standard InChI is InChI=1S/C17H22N4O3/c1-9-11(3)20-15(13(5)18-9)7-23-17(22)24-8-16-14(6)19-10(2)12(4)21-16/h7-8H2,1-6H3. The van der Waals surface area contributed by atoms with E-state index in [-0.39, 0.29) is 13.2 Å². The Labute approximate surface area is 141 Å². The van der Waals surface area contributed by atoms with Gasteiger partial charge in [0.1, 0.15) is 13.2 Å². The molecule has 128 valence electrons. The zero-order chi connectivity index (χ0) is 17.9. The molecule has 2 aromatic heterocycles. The van der Waals surface area contributed by atoms with Crippen LogP contribution in [-0.4, -0.2) is 26.1 Å². The summed E-state index contributed by atoms with van der Waals surface area (Å²) in [6.07, 6.45) is -0.770. The van der Waals surface area contributed by atoms with Crippen LogP contribution in [0.25, 0.3) is 0 Å². The van der Waals surface area contributed by atoms with Crippen molar-refractivity contribution in [3.8, 4) is 0 Å². The highest BCUT2D eigenvalue weighted by Gasteiger charge is 2.12. The van der Waals surface area contributed by atoms with Crippen LogP contribution in [0.5, 0.6) is 0 Å². The zero-order valence-corrected chi connectivity index (χ0v) is 14.9. The molecule has 0 unspecified atom stereocenters. The molecule has 0 N–H and O–H groups in total. The number of aromatic nitrogens is 4. The number of rotatable bonds is 4. The summed E-state index contributed by atoms with van der Waals surface area (Å²) in [6, 6.07) is 0. The van der Waals surface area contributed by atoms with Gasteiger partial charge in [0.25, 0.3) is 0 Å². The Morgan fingerprint density at radius 1 is 0.625 bits per heavy atom. The molecular weight excluding hydrogens is 308 g/mol. The van der Waals surface area contributed by atoms with Crippen LogP contribution < -0.4 is 0 Å². The van der Waals surface area contributed by atoms with Crippen molar-refractivity contribution in [3.05, 3.63) is 45.6 Å². The van der Waals surface area contributed by atoms with Crippen molar-refractivity contribution in [2.75, 3.05) is 0 Å². The van der Waals surface area contributed by atoms with E-state index in [9.17, 15) is 4.79 Å². The number of ether oxygens (including phenoxy) is 2. The van der Waals surface area contributed by atoms with Crippen molar-refractivity contribution in [2.24, 2.45) is 0 Å². The van der Waals surface area contributed by atoms with Crippen LogP contribution in [0.15, 0.2) is 0 Å². The number of carbonyl (C=O) groups is 1. The van der Waals surface area contributed by atoms with Gasteiger partial charge in [-0.2, -0.15) is 0 Å². The molecule has 0 aliphatic heterocycles. The fourth-order valence-electron chi connectivity index (χ4n) is 2.09. The van der Waals surface area contributed by atoms with E-state index in [1.54, 1.807) is 0 Å². The Hall–Kier alpha value is -2.57. The first-order valence-electron chi connectivity index (χ1n) is 7.69. The number of carbonyl (C=O) groups excluding carboxylic acids is 1. The third-order valence-electron chi connectivity index (χ3n) is 3.81. The molecule has 0 aliphatic carbocycles. The number of nitrogens with zero attached hydrogens (tertiary/aromatic N) is 4. The third-order valence-corrected chi connectivity index (χ3v) is 3.81. The van der Waals surface area contributed by atoms with Gasteiger partial charge in [0.05, 0.1) is 45.6 Å². The Balaban J connectivity index is 1.93. The molecule has 0 aromatic carbocycles. The van der Waals surface area contributed by atoms with Gasteiger partial charge in [0.15, 0.2) is 0 Å². The van der Waals surface area contributed by atoms with E-state index in [1.165, 1.54) is 0 Å². The van der Waals surface area contributed by atoms with Gasteiger partial charge in [0, 0.05) is 0 Å². The fourth-order valence-corrected chi connectivity index (χ4v) is 2.09. The van der Waals surface area contributed by atoms with Crippen molar-refractivity contribution in [1.29, 1.82) is 0 Å². The molecule has 2 rings (SSSR count). The smallest absolute Gasteiger partial charge is 0.428 e. The molecule has 0 saturated heterocycles. The Morgan fingerprint density at radius 3 is 1.33 bits per heavy atom. The molecule has 24 heavy (non-hydrogen) atoms. The first-order valence-corrected chi connectivity index (χ1v) is 7.69. The van der Waals surface area contributed by atoms with Gasteiger partial charge in [-0.25, -0.2) is 4.79 Å². The van der Waals surface area contributed by atoms with Crippen molar-refractivity contribution < 1.29 is 14.3 Å². The van der Waals surface area contributed by atoms with Gasteiger partial charge in [0.2, 0.25) is 0 Å². The lowest BCUT2D eigenvalue weighted by molar-refractivity contribution is 0.0426. The molecule has 0 bridgehead atoms. The van der Waals surface area contributed by atoms with Crippen molar-refractivity contribution in [2.45, 2.75) is 54.8 Å². The Morgan fingerprint density at radius 2 is 0.958 bits per heavy atom. The van der Waals surface area contributed by atoms with Crippen LogP contribution in [0.4, 0.5) is 4.79 Å². The van der Waals surface area contributed by atoms with Crippen LogP contribution in [-0.2, 0) is 22.7 Å². The summed E-state index contributed by atoms with van der Waals surface area (Å²) in [6.45, 7) is 11.2. The van der Waals surface area contributed by atoms with E-state index >= 15 is 0 Å². The van der Waals surface area contributed by atoms with Crippen LogP contribution >= 0.6 is 0 Å². The predicted molar refractivity (Wildman–Crippen MR) is 87.5 cm³/mol. The van der Waals surface area contributed by atoms with Crippen LogP contribution in [0.3, 0.4) is 0 Å². The number of hydrogen-bond acceptors (Lipinski definition) is 7. The molecule has 0 radical (unpaired) electrons. The molecule has 0 saturated carbocycles. The normalized spacial score (nSPS) is 10.6. The largest absolute Gasteiger partial charge is 0.509 e. The number of aryl methyl sites for hydroxylation is 6. The highest BCUT2D eigenvalue weighted by molar-refractivity contribution is 5.59. The van der Waals surface area contributed by atoms with Gasteiger partial charge < -0.3 is 9.47 Å². The third kappa shape index (κ3) is 4.24. The summed E-state index contributed by atoms with van der Waals surface area (Å²) < 4.78 is 10.2. The van der Waals surface area contributed by atoms with Crippen molar-refractivity contribution in [3.63, 3.8) is 0 Å². The van der Waals surface area contributed by atoms with Gasteiger partial charge in [-0.05, 0) is 41.5 Å². The quantitative estimate of drug-likeness (QED) is 0.796. The SMILES string of the molecule is Cc1nc(C)c(COC(=O)OCc2nc(C)c(C)nc2C)nc1C. The predicted octanol–water partition coefficient (Wildman–Crippen LogP) is 2.97. The van der Waals surface area contributed by atoms with Crippen LogP contribution in [0, 0.1) is 41.5 Å². The summed E-state index contributed by atoms with van der Waals surface area (Å²) in [5.74, 6) is 0. The highest BCUT2D eigenvalue weighted by atomic mass is 16.7. The van der Waals surface area contributed by atoms with Gasteiger partial charge in [-0.15, -0.1) is 0 Å². The molecule has 7 heteroatoms. The second-order valence-electron chi connectivity index (χ2n) is 5.68. The lowest BCUT2D eigenvalue weighted by Crippen LogP contribution is -2.12. The lowest BCUT2D eigenvalue weighted by Gasteiger charge is -2.10. The zero-order valence-electron chi connectivity index (χ0n) is 14.9. The molecule has 0 aliphatic rings. The minimum absolute atomic E-state index is 0.0242. The molecule has 0 atom stereocenters. The molecule has 2 aromatic rings. The van der Waals surface area contributed by atoms with E-state index in [0.29, 0.717) is 11.4 Å². The van der Waals surface area contributed by atoms with E-state index < -0.39 is 6.16 Å². The summed E-state index contributed by atoms with van der Waals surface area (Å²) in [5.41, 5.74) is 6.07. The first kappa shape index (κ1) is 17.8. The molecule has 7 nitrogen and oxygen atoms in total. The van der Waals surface area contributed by atoms with Gasteiger partial charge in [-0.3, -0.25) is 19.9 Å². The van der Waals surface area contributed by atoms with Gasteiger partial charge >= 0.3 is 6.16 Å². The average molecular weight is 330 g/mol. The second-order valence-corrected chi connectivity index (χ2v) is 5.68. The average Bonchev–Trinajstić information content (AvgIpc) is 2.51. The fraction of sp³-hybridized carbons (Fsp3) is 0.471. The van der Waals surface area contributed by atoms with Crippen molar-refractivity contribution >= 4 is 6.16 Å². The highest BCUT2D eigenvalue weighted by Crippen LogP contribution is 2.11. The lowest BCUT2D eigenvalue weighted by atomic mass is 10.3. The molecule has 0 spiro atoms. The van der Waals surface area contributed by atoms with E-state index in [0.717, 1.165) is 34.2 Å². The van der Waals surface area contributed by atoms with Crippen molar-refractivity contribution in [1.82, 2.24) is 19.9 Å². The van der Waals surface area contributed by atoms with Gasteiger partial charge in [-0.1, -0.05) is 0 Å². The molecule has 0 amide bonds. The maximum absolute atomic E-state index is 11.8. The maximum Gasteiger partial charge on any atom is 0.509 e.